The lowest BCUT2D eigenvalue weighted by Crippen LogP contribution is -2.40. The largest absolute Gasteiger partial charge is 0.338 e. The van der Waals surface area contributed by atoms with E-state index >= 15 is 0 Å². The third kappa shape index (κ3) is 4.50. The van der Waals surface area contributed by atoms with Gasteiger partial charge in [0.1, 0.15) is 0 Å². The van der Waals surface area contributed by atoms with Gasteiger partial charge in [0.2, 0.25) is 10.0 Å². The molecule has 0 atom stereocenters. The number of piperidine rings is 1. The average molecular weight is 449 g/mol. The fourth-order valence-corrected chi connectivity index (χ4v) is 5.35. The second kappa shape index (κ2) is 8.37. The number of aromatic nitrogens is 2. The van der Waals surface area contributed by atoms with Gasteiger partial charge in [0.15, 0.2) is 0 Å². The van der Waals surface area contributed by atoms with Crippen LogP contribution in [0.1, 0.15) is 33.4 Å². The third-order valence-electron chi connectivity index (χ3n) is 5.35. The molecule has 10 heteroatoms. The SMILES string of the molecule is CS(=O)(=O)NCCc1ccc(C(=O)N2CCC(n3c(=O)[nH]c4ccccc43)CC2)s1. The number of hydrogen-bond donors (Lipinski definition) is 2. The van der Waals surface area contributed by atoms with Crippen molar-refractivity contribution in [1.29, 1.82) is 0 Å². The lowest BCUT2D eigenvalue weighted by molar-refractivity contribution is 0.0700. The van der Waals surface area contributed by atoms with E-state index in [2.05, 4.69) is 9.71 Å². The summed E-state index contributed by atoms with van der Waals surface area (Å²) in [6, 6.07) is 11.4. The van der Waals surface area contributed by atoms with Crippen LogP contribution in [-0.4, -0.2) is 54.7 Å². The lowest BCUT2D eigenvalue weighted by atomic mass is 10.0. The van der Waals surface area contributed by atoms with Crippen molar-refractivity contribution < 1.29 is 13.2 Å². The molecule has 0 unspecified atom stereocenters. The predicted octanol–water partition coefficient (Wildman–Crippen LogP) is 1.96. The normalized spacial score (nSPS) is 15.7. The summed E-state index contributed by atoms with van der Waals surface area (Å²) in [5.74, 6) is -0.00736. The first-order chi connectivity index (χ1) is 14.3. The van der Waals surface area contributed by atoms with Crippen LogP contribution in [0.4, 0.5) is 0 Å². The maximum absolute atomic E-state index is 12.9. The number of sulfonamides is 1. The molecule has 0 radical (unpaired) electrons. The van der Waals surface area contributed by atoms with Crippen molar-refractivity contribution in [3.8, 4) is 0 Å². The molecule has 0 saturated carbocycles. The van der Waals surface area contributed by atoms with Crippen LogP contribution in [0, 0.1) is 0 Å². The highest BCUT2D eigenvalue weighted by Crippen LogP contribution is 2.27. The fraction of sp³-hybridized carbons (Fsp3) is 0.400. The molecule has 3 aromatic rings. The molecule has 1 saturated heterocycles. The van der Waals surface area contributed by atoms with Gasteiger partial charge in [0, 0.05) is 30.6 Å². The first-order valence-electron chi connectivity index (χ1n) is 9.84. The number of nitrogens with one attached hydrogen (secondary N) is 2. The van der Waals surface area contributed by atoms with Crippen molar-refractivity contribution >= 4 is 38.3 Å². The number of aromatic amines is 1. The Balaban J connectivity index is 1.38. The van der Waals surface area contributed by atoms with E-state index in [9.17, 15) is 18.0 Å². The number of rotatable bonds is 6. The molecule has 0 spiro atoms. The summed E-state index contributed by atoms with van der Waals surface area (Å²) < 4.78 is 26.6. The molecule has 1 aliphatic heterocycles. The zero-order chi connectivity index (χ0) is 21.3. The van der Waals surface area contributed by atoms with Gasteiger partial charge >= 0.3 is 5.69 Å². The molecule has 1 aromatic carbocycles. The number of nitrogens with zero attached hydrogens (tertiary/aromatic N) is 2. The highest BCUT2D eigenvalue weighted by atomic mass is 32.2. The van der Waals surface area contributed by atoms with Crippen LogP contribution in [0.25, 0.3) is 11.0 Å². The molecule has 4 rings (SSSR count). The number of benzene rings is 1. The summed E-state index contributed by atoms with van der Waals surface area (Å²) in [4.78, 5) is 31.6. The quantitative estimate of drug-likeness (QED) is 0.601. The van der Waals surface area contributed by atoms with Crippen LogP contribution in [0.3, 0.4) is 0 Å². The van der Waals surface area contributed by atoms with Gasteiger partial charge in [0.25, 0.3) is 5.91 Å². The summed E-state index contributed by atoms with van der Waals surface area (Å²) in [5.41, 5.74) is 1.63. The minimum atomic E-state index is -3.21. The summed E-state index contributed by atoms with van der Waals surface area (Å²) in [7, 11) is -3.21. The Morgan fingerprint density at radius 1 is 1.20 bits per heavy atom. The van der Waals surface area contributed by atoms with E-state index in [0.29, 0.717) is 30.9 Å². The molecule has 1 fully saturated rings. The molecule has 30 heavy (non-hydrogen) atoms. The van der Waals surface area contributed by atoms with Gasteiger partial charge in [-0.1, -0.05) is 12.1 Å². The number of carbonyl (C=O) groups is 1. The van der Waals surface area contributed by atoms with Crippen molar-refractivity contribution in [3.63, 3.8) is 0 Å². The van der Waals surface area contributed by atoms with Crippen molar-refractivity contribution in [2.24, 2.45) is 0 Å². The maximum Gasteiger partial charge on any atom is 0.326 e. The molecule has 2 aromatic heterocycles. The number of fused-ring (bicyclic) bond motifs is 1. The molecular formula is C20H24N4O4S2. The van der Waals surface area contributed by atoms with E-state index in [1.54, 1.807) is 6.07 Å². The minimum absolute atomic E-state index is 0.00736. The third-order valence-corrected chi connectivity index (χ3v) is 7.21. The zero-order valence-electron chi connectivity index (χ0n) is 16.6. The molecule has 0 aliphatic carbocycles. The number of thiophene rings is 1. The molecule has 1 amide bonds. The van der Waals surface area contributed by atoms with Gasteiger partial charge in [0.05, 0.1) is 22.2 Å². The van der Waals surface area contributed by atoms with Crippen molar-refractivity contribution in [1.82, 2.24) is 19.2 Å². The number of imidazole rings is 1. The van der Waals surface area contributed by atoms with Gasteiger partial charge in [-0.15, -0.1) is 11.3 Å². The number of amides is 1. The summed E-state index contributed by atoms with van der Waals surface area (Å²) in [5, 5.41) is 0. The summed E-state index contributed by atoms with van der Waals surface area (Å²) in [6.45, 7) is 1.51. The predicted molar refractivity (Wildman–Crippen MR) is 118 cm³/mol. The molecular weight excluding hydrogens is 424 g/mol. The van der Waals surface area contributed by atoms with Gasteiger partial charge in [-0.05, 0) is 43.5 Å². The van der Waals surface area contributed by atoms with Crippen LogP contribution in [0.15, 0.2) is 41.2 Å². The Hall–Kier alpha value is -2.43. The van der Waals surface area contributed by atoms with Crippen LogP contribution in [-0.2, 0) is 16.4 Å². The lowest BCUT2D eigenvalue weighted by Gasteiger charge is -2.32. The minimum Gasteiger partial charge on any atom is -0.338 e. The van der Waals surface area contributed by atoms with Gasteiger partial charge in [-0.3, -0.25) is 9.36 Å². The van der Waals surface area contributed by atoms with E-state index in [4.69, 9.17) is 0 Å². The molecule has 0 bridgehead atoms. The van der Waals surface area contributed by atoms with Crippen LogP contribution in [0.5, 0.6) is 0 Å². The topological polar surface area (TPSA) is 104 Å². The maximum atomic E-state index is 12.9. The van der Waals surface area contributed by atoms with E-state index < -0.39 is 10.0 Å². The van der Waals surface area contributed by atoms with Crippen molar-refractivity contribution in [2.45, 2.75) is 25.3 Å². The Bertz CT molecular complexity index is 1220. The van der Waals surface area contributed by atoms with E-state index in [-0.39, 0.29) is 17.6 Å². The Morgan fingerprint density at radius 3 is 2.67 bits per heavy atom. The average Bonchev–Trinajstić information content (AvgIpc) is 3.30. The summed E-state index contributed by atoms with van der Waals surface area (Å²) in [6.07, 6.45) is 3.13. The number of para-hydroxylation sites is 2. The molecule has 2 N–H and O–H groups in total. The Morgan fingerprint density at radius 2 is 1.93 bits per heavy atom. The summed E-state index contributed by atoms with van der Waals surface area (Å²) >= 11 is 1.40. The standard InChI is InChI=1S/C20H24N4O4S2/c1-30(27,28)21-11-8-15-6-7-18(29-15)19(25)23-12-9-14(10-13-23)24-17-5-3-2-4-16(17)22-20(24)26/h2-7,14,21H,8-13H2,1H3,(H,22,26). The van der Waals surface area contributed by atoms with Crippen LogP contribution in [0.2, 0.25) is 0 Å². The van der Waals surface area contributed by atoms with Crippen LogP contribution < -0.4 is 10.4 Å². The van der Waals surface area contributed by atoms with E-state index in [1.807, 2.05) is 39.8 Å². The van der Waals surface area contributed by atoms with Gasteiger partial charge in [-0.2, -0.15) is 0 Å². The zero-order valence-corrected chi connectivity index (χ0v) is 18.3. The number of likely N-dealkylation sites (tertiary alicyclic amines) is 1. The van der Waals surface area contributed by atoms with Gasteiger partial charge < -0.3 is 9.88 Å². The van der Waals surface area contributed by atoms with E-state index in [0.717, 1.165) is 35.0 Å². The number of hydrogen-bond acceptors (Lipinski definition) is 5. The number of H-pyrrole nitrogens is 1. The van der Waals surface area contributed by atoms with Crippen molar-refractivity contribution in [2.75, 3.05) is 25.9 Å². The highest BCUT2D eigenvalue weighted by molar-refractivity contribution is 7.88. The second-order valence-corrected chi connectivity index (χ2v) is 10.5. The van der Waals surface area contributed by atoms with Crippen molar-refractivity contribution in [3.05, 3.63) is 56.6 Å². The molecule has 160 valence electrons. The Labute approximate surface area is 178 Å². The van der Waals surface area contributed by atoms with E-state index in [1.165, 1.54) is 11.3 Å². The highest BCUT2D eigenvalue weighted by Gasteiger charge is 2.27. The first kappa shape index (κ1) is 20.8. The monoisotopic (exact) mass is 448 g/mol. The molecule has 8 nitrogen and oxygen atoms in total. The number of carbonyl (C=O) groups excluding carboxylic acids is 1. The molecule has 3 heterocycles. The van der Waals surface area contributed by atoms with Gasteiger partial charge in [-0.25, -0.2) is 17.9 Å². The fourth-order valence-electron chi connectivity index (χ4n) is 3.91. The second-order valence-electron chi connectivity index (χ2n) is 7.52. The Kier molecular flexibility index (Phi) is 5.81. The smallest absolute Gasteiger partial charge is 0.326 e. The molecule has 1 aliphatic rings. The first-order valence-corrected chi connectivity index (χ1v) is 12.5. The van der Waals surface area contributed by atoms with Crippen LogP contribution >= 0.6 is 11.3 Å².